The van der Waals surface area contributed by atoms with Crippen LogP contribution in [0.2, 0.25) is 0 Å². The van der Waals surface area contributed by atoms with Crippen molar-refractivity contribution in [1.29, 1.82) is 0 Å². The molecule has 28 heavy (non-hydrogen) atoms. The highest BCUT2D eigenvalue weighted by Gasteiger charge is 2.30. The monoisotopic (exact) mass is 400 g/mol. The van der Waals surface area contributed by atoms with Gasteiger partial charge in [-0.25, -0.2) is 8.42 Å². The predicted octanol–water partition coefficient (Wildman–Crippen LogP) is 4.53. The first-order valence-corrected chi connectivity index (χ1v) is 11.3. The van der Waals surface area contributed by atoms with Gasteiger partial charge >= 0.3 is 0 Å². The number of anilines is 2. The molecule has 0 unspecified atom stereocenters. The molecule has 0 aromatic heterocycles. The van der Waals surface area contributed by atoms with Crippen molar-refractivity contribution in [2.45, 2.75) is 44.3 Å². The minimum Gasteiger partial charge on any atom is -0.454 e. The smallest absolute Gasteiger partial charge is 0.262 e. The van der Waals surface area contributed by atoms with Crippen LogP contribution < -0.4 is 14.4 Å². The fourth-order valence-electron chi connectivity index (χ4n) is 3.93. The molecule has 0 bridgehead atoms. The number of para-hydroxylation sites is 2. The Bertz CT molecular complexity index is 997. The number of rotatable bonds is 4. The first-order valence-electron chi connectivity index (χ1n) is 9.74. The lowest BCUT2D eigenvalue weighted by Gasteiger charge is -2.23. The van der Waals surface area contributed by atoms with Gasteiger partial charge in [0.1, 0.15) is 5.75 Å². The van der Waals surface area contributed by atoms with Crippen LogP contribution in [0.3, 0.4) is 0 Å². The van der Waals surface area contributed by atoms with Crippen molar-refractivity contribution in [3.63, 3.8) is 0 Å². The molecule has 0 atom stereocenters. The van der Waals surface area contributed by atoms with Gasteiger partial charge in [-0.15, -0.1) is 0 Å². The normalized spacial score (nSPS) is 17.3. The molecular weight excluding hydrogens is 376 g/mol. The third-order valence-electron chi connectivity index (χ3n) is 5.40. The van der Waals surface area contributed by atoms with Crippen molar-refractivity contribution in [2.75, 3.05) is 16.2 Å². The van der Waals surface area contributed by atoms with E-state index in [1.165, 1.54) is 0 Å². The van der Waals surface area contributed by atoms with Crippen molar-refractivity contribution in [2.24, 2.45) is 0 Å². The standard InChI is InChI=1S/C21H24N2O4S/c1-2-23-18-10-6-7-11-20(18)27-19-13-12-15(14-17(19)21(23)24)22-28(25,26)16-8-4-3-5-9-16/h6-7,10-14,16,22H,2-5,8-9H2,1H3. The highest BCUT2D eigenvalue weighted by Crippen LogP contribution is 2.39. The van der Waals surface area contributed by atoms with Crippen molar-refractivity contribution in [3.05, 3.63) is 48.0 Å². The molecule has 0 saturated heterocycles. The van der Waals surface area contributed by atoms with Crippen LogP contribution in [-0.2, 0) is 10.0 Å². The van der Waals surface area contributed by atoms with E-state index in [9.17, 15) is 13.2 Å². The van der Waals surface area contributed by atoms with Crippen LogP contribution in [0.25, 0.3) is 0 Å². The van der Waals surface area contributed by atoms with E-state index < -0.39 is 10.0 Å². The Balaban J connectivity index is 1.67. The van der Waals surface area contributed by atoms with Gasteiger partial charge in [0.25, 0.3) is 5.91 Å². The SMILES string of the molecule is CCN1C(=O)c2cc(NS(=O)(=O)C3CCCCC3)ccc2Oc2ccccc21. The minimum atomic E-state index is -3.48. The highest BCUT2D eigenvalue weighted by molar-refractivity contribution is 7.93. The number of carbonyl (C=O) groups is 1. The lowest BCUT2D eigenvalue weighted by molar-refractivity contribution is 0.0988. The maximum atomic E-state index is 13.1. The lowest BCUT2D eigenvalue weighted by Crippen LogP contribution is -2.31. The Hall–Kier alpha value is -2.54. The Kier molecular flexibility index (Phi) is 5.02. The number of hydrogen-bond acceptors (Lipinski definition) is 4. The molecular formula is C21H24N2O4S. The number of benzene rings is 2. The highest BCUT2D eigenvalue weighted by atomic mass is 32.2. The first kappa shape index (κ1) is 18.8. The van der Waals surface area contributed by atoms with Crippen LogP contribution in [0.5, 0.6) is 11.5 Å². The Morgan fingerprint density at radius 2 is 1.82 bits per heavy atom. The van der Waals surface area contributed by atoms with Crippen molar-refractivity contribution in [3.8, 4) is 11.5 Å². The van der Waals surface area contributed by atoms with Gasteiger partial charge in [-0.2, -0.15) is 0 Å². The molecule has 1 N–H and O–H groups in total. The molecule has 0 radical (unpaired) electrons. The molecule has 1 aliphatic heterocycles. The quantitative estimate of drug-likeness (QED) is 0.818. The number of fused-ring (bicyclic) bond motifs is 2. The summed E-state index contributed by atoms with van der Waals surface area (Å²) < 4.78 is 34.1. The number of nitrogens with zero attached hydrogens (tertiary/aromatic N) is 1. The molecule has 2 aromatic carbocycles. The maximum Gasteiger partial charge on any atom is 0.262 e. The third kappa shape index (κ3) is 3.46. The first-order chi connectivity index (χ1) is 13.5. The van der Waals surface area contributed by atoms with Gasteiger partial charge in [0, 0.05) is 12.2 Å². The molecule has 1 saturated carbocycles. The fraction of sp³-hybridized carbons (Fsp3) is 0.381. The summed E-state index contributed by atoms with van der Waals surface area (Å²) in [7, 11) is -3.48. The summed E-state index contributed by atoms with van der Waals surface area (Å²) in [6.45, 7) is 2.38. The van der Waals surface area contributed by atoms with Crippen LogP contribution in [0, 0.1) is 0 Å². The average molecular weight is 401 g/mol. The molecule has 6 nitrogen and oxygen atoms in total. The van der Waals surface area contributed by atoms with E-state index in [0.717, 1.165) is 19.3 Å². The van der Waals surface area contributed by atoms with Gasteiger partial charge in [-0.3, -0.25) is 9.52 Å². The molecule has 4 rings (SSSR count). The summed E-state index contributed by atoms with van der Waals surface area (Å²) in [4.78, 5) is 14.8. The number of sulfonamides is 1. The van der Waals surface area contributed by atoms with E-state index >= 15 is 0 Å². The maximum absolute atomic E-state index is 13.1. The zero-order valence-corrected chi connectivity index (χ0v) is 16.7. The number of nitrogens with one attached hydrogen (secondary N) is 1. The van der Waals surface area contributed by atoms with Crippen LogP contribution in [-0.4, -0.2) is 26.1 Å². The lowest BCUT2D eigenvalue weighted by atomic mass is 10.0. The van der Waals surface area contributed by atoms with E-state index in [1.54, 1.807) is 23.1 Å². The van der Waals surface area contributed by atoms with Gasteiger partial charge in [0.2, 0.25) is 10.0 Å². The van der Waals surface area contributed by atoms with Gasteiger partial charge in [-0.05, 0) is 50.1 Å². The molecule has 2 aromatic rings. The van der Waals surface area contributed by atoms with Crippen molar-refractivity contribution in [1.82, 2.24) is 0 Å². The molecule has 0 spiro atoms. The minimum absolute atomic E-state index is 0.207. The second-order valence-corrected chi connectivity index (χ2v) is 9.20. The van der Waals surface area contributed by atoms with E-state index in [4.69, 9.17) is 4.74 Å². The van der Waals surface area contributed by atoms with E-state index in [1.807, 2.05) is 31.2 Å². The van der Waals surface area contributed by atoms with E-state index in [-0.39, 0.29) is 11.2 Å². The molecule has 1 aliphatic carbocycles. The van der Waals surface area contributed by atoms with Gasteiger partial charge in [0.15, 0.2) is 5.75 Å². The van der Waals surface area contributed by atoms with Crippen LogP contribution in [0.15, 0.2) is 42.5 Å². The Labute approximate surface area is 165 Å². The van der Waals surface area contributed by atoms with Gasteiger partial charge in [0.05, 0.1) is 16.5 Å². The second-order valence-electron chi connectivity index (χ2n) is 7.24. The fourth-order valence-corrected chi connectivity index (χ4v) is 5.50. The zero-order valence-electron chi connectivity index (χ0n) is 15.8. The topological polar surface area (TPSA) is 75.7 Å². The largest absolute Gasteiger partial charge is 0.454 e. The number of amides is 1. The van der Waals surface area contributed by atoms with Crippen molar-refractivity contribution >= 4 is 27.3 Å². The summed E-state index contributed by atoms with van der Waals surface area (Å²) in [6, 6.07) is 12.3. The van der Waals surface area contributed by atoms with Crippen LogP contribution in [0.4, 0.5) is 11.4 Å². The molecule has 7 heteroatoms. The molecule has 2 aliphatic rings. The predicted molar refractivity (Wildman–Crippen MR) is 110 cm³/mol. The van der Waals surface area contributed by atoms with E-state index in [2.05, 4.69) is 4.72 Å². The van der Waals surface area contributed by atoms with Crippen LogP contribution in [0.1, 0.15) is 49.4 Å². The van der Waals surface area contributed by atoms with Crippen LogP contribution >= 0.6 is 0 Å². The Morgan fingerprint density at radius 3 is 2.57 bits per heavy atom. The van der Waals surface area contributed by atoms with Crippen molar-refractivity contribution < 1.29 is 17.9 Å². The summed E-state index contributed by atoms with van der Waals surface area (Å²) in [5.41, 5.74) is 1.45. The number of ether oxygens (including phenoxy) is 1. The van der Waals surface area contributed by atoms with Gasteiger partial charge in [-0.1, -0.05) is 31.4 Å². The molecule has 1 fully saturated rings. The zero-order chi connectivity index (χ0) is 19.7. The number of carbonyl (C=O) groups excluding carboxylic acids is 1. The molecule has 148 valence electrons. The van der Waals surface area contributed by atoms with E-state index in [0.29, 0.717) is 47.8 Å². The summed E-state index contributed by atoms with van der Waals surface area (Å²) >= 11 is 0. The Morgan fingerprint density at radius 1 is 1.07 bits per heavy atom. The summed E-state index contributed by atoms with van der Waals surface area (Å²) in [5, 5.41) is -0.372. The summed E-state index contributed by atoms with van der Waals surface area (Å²) in [5.74, 6) is 0.821. The number of hydrogen-bond donors (Lipinski definition) is 1. The average Bonchev–Trinajstić information content (AvgIpc) is 2.82. The third-order valence-corrected chi connectivity index (χ3v) is 7.27. The van der Waals surface area contributed by atoms with Gasteiger partial charge < -0.3 is 9.64 Å². The summed E-state index contributed by atoms with van der Waals surface area (Å²) in [6.07, 6.45) is 4.32. The molecule has 1 amide bonds. The second kappa shape index (κ2) is 7.47. The molecule has 1 heterocycles.